The maximum absolute atomic E-state index is 6.00. The maximum Gasteiger partial charge on any atom is 0.0700 e. The first kappa shape index (κ1) is 51.0. The van der Waals surface area contributed by atoms with Crippen LogP contribution in [0.2, 0.25) is 0 Å². The summed E-state index contributed by atoms with van der Waals surface area (Å²) in [6.45, 7) is 17.3. The van der Waals surface area contributed by atoms with E-state index in [2.05, 4.69) is 76.8 Å². The molecule has 0 spiro atoms. The number of unbranched alkanes of at least 4 members (excludes halogenated alkanes) is 14. The van der Waals surface area contributed by atoms with Crippen molar-refractivity contribution in [2.24, 2.45) is 0 Å². The average molecular weight is 761 g/mol. The highest BCUT2D eigenvalue weighted by Gasteiger charge is 2.17. The van der Waals surface area contributed by atoms with Gasteiger partial charge >= 0.3 is 0 Å². The van der Waals surface area contributed by atoms with E-state index in [1.54, 1.807) is 0 Å². The quantitative estimate of drug-likeness (QED) is 0.0575. The van der Waals surface area contributed by atoms with Crippen LogP contribution in [0, 0.1) is 0 Å². The van der Waals surface area contributed by atoms with Crippen LogP contribution in [0.3, 0.4) is 0 Å². The second-order valence-corrected chi connectivity index (χ2v) is 19.6. The van der Waals surface area contributed by atoms with Crippen molar-refractivity contribution in [1.82, 2.24) is 0 Å². The van der Waals surface area contributed by atoms with Gasteiger partial charge in [0.05, 0.1) is 26.4 Å². The molecule has 0 heterocycles. The summed E-state index contributed by atoms with van der Waals surface area (Å²) in [7, 11) is 0. The zero-order chi connectivity index (χ0) is 36.6. The van der Waals surface area contributed by atoms with Gasteiger partial charge in [-0.25, -0.2) is 0 Å². The van der Waals surface area contributed by atoms with Crippen LogP contribution in [0.4, 0.5) is 0 Å². The first-order valence-electron chi connectivity index (χ1n) is 22.7. The average Bonchev–Trinajstić information content (AvgIpc) is 3.12. The predicted octanol–water partition coefficient (Wildman–Crippen LogP) is 16.1. The lowest BCUT2D eigenvalue weighted by molar-refractivity contribution is 0.0604. The van der Waals surface area contributed by atoms with Crippen LogP contribution in [-0.2, 0) is 9.47 Å². The molecule has 0 saturated carbocycles. The van der Waals surface area contributed by atoms with Gasteiger partial charge in [0.1, 0.15) is 0 Å². The SMILES string of the molecule is CCCCCCC(CCCCC)SCCOCCOCCSC(CCCCC)CCCCCCCC(CCCC)SC(CCCC)CCCC. The van der Waals surface area contributed by atoms with Crippen LogP contribution >= 0.6 is 35.3 Å². The highest BCUT2D eigenvalue weighted by atomic mass is 32.2. The van der Waals surface area contributed by atoms with Crippen molar-refractivity contribution in [1.29, 1.82) is 0 Å². The van der Waals surface area contributed by atoms with Gasteiger partial charge in [-0.2, -0.15) is 35.3 Å². The predicted molar refractivity (Wildman–Crippen MR) is 237 cm³/mol. The molecule has 0 aliphatic rings. The summed E-state index contributed by atoms with van der Waals surface area (Å²) in [6.07, 6.45) is 40.6. The lowest BCUT2D eigenvalue weighted by atomic mass is 10.0. The van der Waals surface area contributed by atoms with E-state index >= 15 is 0 Å². The topological polar surface area (TPSA) is 18.5 Å². The van der Waals surface area contributed by atoms with Crippen LogP contribution in [0.25, 0.3) is 0 Å². The van der Waals surface area contributed by atoms with E-state index in [1.165, 1.54) is 186 Å². The van der Waals surface area contributed by atoms with Crippen LogP contribution in [0.5, 0.6) is 0 Å². The molecule has 0 aromatic heterocycles. The first-order chi connectivity index (χ1) is 24.6. The van der Waals surface area contributed by atoms with Crippen LogP contribution in [-0.4, -0.2) is 58.9 Å². The molecule has 5 heteroatoms. The third-order valence-electron chi connectivity index (χ3n) is 10.2. The molecule has 0 bridgehead atoms. The summed E-state index contributed by atoms with van der Waals surface area (Å²) in [5.41, 5.74) is 0. The largest absolute Gasteiger partial charge is 0.378 e. The molecule has 302 valence electrons. The Bertz CT molecular complexity index is 613. The van der Waals surface area contributed by atoms with E-state index in [9.17, 15) is 0 Å². The molecule has 0 amide bonds. The van der Waals surface area contributed by atoms with Gasteiger partial charge in [-0.3, -0.25) is 0 Å². The molecule has 0 rings (SSSR count). The highest BCUT2D eigenvalue weighted by Crippen LogP contribution is 2.33. The van der Waals surface area contributed by atoms with E-state index in [-0.39, 0.29) is 0 Å². The zero-order valence-corrected chi connectivity index (χ0v) is 37.5. The molecule has 0 aromatic carbocycles. The fraction of sp³-hybridized carbons (Fsp3) is 1.00. The molecule has 0 radical (unpaired) electrons. The van der Waals surface area contributed by atoms with Crippen molar-refractivity contribution in [2.45, 2.75) is 249 Å². The fourth-order valence-corrected chi connectivity index (χ4v) is 11.1. The van der Waals surface area contributed by atoms with E-state index < -0.39 is 0 Å². The third-order valence-corrected chi connectivity index (χ3v) is 14.7. The number of thioether (sulfide) groups is 3. The summed E-state index contributed by atoms with van der Waals surface area (Å²) in [5, 5.41) is 3.47. The van der Waals surface area contributed by atoms with Gasteiger partial charge in [-0.1, -0.05) is 176 Å². The second kappa shape index (κ2) is 42.7. The van der Waals surface area contributed by atoms with Crippen LogP contribution in [0.15, 0.2) is 0 Å². The van der Waals surface area contributed by atoms with Gasteiger partial charge in [0.15, 0.2) is 0 Å². The lowest BCUT2D eigenvalue weighted by Gasteiger charge is -2.24. The molecule has 2 nitrogen and oxygen atoms in total. The molecule has 0 aliphatic carbocycles. The van der Waals surface area contributed by atoms with Gasteiger partial charge in [-0.15, -0.1) is 0 Å². The first-order valence-corrected chi connectivity index (χ1v) is 25.7. The van der Waals surface area contributed by atoms with E-state index in [0.29, 0.717) is 0 Å². The molecule has 50 heavy (non-hydrogen) atoms. The molecule has 3 atom stereocenters. The Labute approximate surface area is 329 Å². The fourth-order valence-electron chi connectivity index (χ4n) is 6.94. The van der Waals surface area contributed by atoms with Crippen LogP contribution in [0.1, 0.15) is 228 Å². The van der Waals surface area contributed by atoms with Gasteiger partial charge in [0.25, 0.3) is 0 Å². The Morgan fingerprint density at radius 2 is 0.580 bits per heavy atom. The van der Waals surface area contributed by atoms with E-state index in [0.717, 1.165) is 58.9 Å². The third kappa shape index (κ3) is 36.0. The standard InChI is InChI=1S/C45H92O2S3/c1-7-13-19-25-33-42(31-23-14-8-2)48-40-38-46-36-37-47-39-41-49-43(32-24-15-9-3)34-26-21-20-22-27-35-45(30-18-12-6)50-44(28-16-10-4)29-17-11-5/h42-45H,7-41H2,1-6H3. The minimum atomic E-state index is 0.749. The zero-order valence-electron chi connectivity index (χ0n) is 35.1. The Balaban J connectivity index is 4.18. The van der Waals surface area contributed by atoms with E-state index in [1.807, 2.05) is 0 Å². The van der Waals surface area contributed by atoms with Crippen molar-refractivity contribution >= 4 is 35.3 Å². The summed E-state index contributed by atoms with van der Waals surface area (Å²) < 4.78 is 12.0. The molecule has 0 aliphatic heterocycles. The molecular formula is C45H92O2S3. The maximum atomic E-state index is 6.00. The lowest BCUT2D eigenvalue weighted by Crippen LogP contribution is -2.12. The van der Waals surface area contributed by atoms with Gasteiger partial charge in [0, 0.05) is 32.5 Å². The number of rotatable bonds is 43. The molecule has 3 unspecified atom stereocenters. The minimum Gasteiger partial charge on any atom is -0.378 e. The summed E-state index contributed by atoms with van der Waals surface area (Å²) in [6, 6.07) is 0. The van der Waals surface area contributed by atoms with Crippen molar-refractivity contribution in [2.75, 3.05) is 37.9 Å². The molecule has 0 saturated heterocycles. The Kier molecular flexibility index (Phi) is 43.5. The van der Waals surface area contributed by atoms with Crippen molar-refractivity contribution in [3.8, 4) is 0 Å². The second-order valence-electron chi connectivity index (χ2n) is 15.2. The summed E-state index contributed by atoms with van der Waals surface area (Å²) in [4.78, 5) is 0. The number of ether oxygens (including phenoxy) is 2. The van der Waals surface area contributed by atoms with Gasteiger partial charge in [-0.05, 0) is 51.4 Å². The smallest absolute Gasteiger partial charge is 0.0700 e. The Hall–Kier alpha value is 0.970. The highest BCUT2D eigenvalue weighted by molar-refractivity contribution is 8.00. The summed E-state index contributed by atoms with van der Waals surface area (Å²) in [5.74, 6) is 2.27. The normalized spacial score (nSPS) is 13.7. The Morgan fingerprint density at radius 1 is 0.300 bits per heavy atom. The monoisotopic (exact) mass is 761 g/mol. The Morgan fingerprint density at radius 3 is 0.960 bits per heavy atom. The van der Waals surface area contributed by atoms with Crippen molar-refractivity contribution in [3.63, 3.8) is 0 Å². The molecular weight excluding hydrogens is 669 g/mol. The van der Waals surface area contributed by atoms with Gasteiger partial charge in [0.2, 0.25) is 0 Å². The molecule has 0 aromatic rings. The molecule has 0 fully saturated rings. The number of hydrogen-bond donors (Lipinski definition) is 0. The summed E-state index contributed by atoms with van der Waals surface area (Å²) >= 11 is 6.75. The minimum absolute atomic E-state index is 0.749. The van der Waals surface area contributed by atoms with Crippen molar-refractivity contribution < 1.29 is 9.47 Å². The number of hydrogen-bond acceptors (Lipinski definition) is 5. The van der Waals surface area contributed by atoms with Crippen LogP contribution < -0.4 is 0 Å². The van der Waals surface area contributed by atoms with E-state index in [4.69, 9.17) is 9.47 Å². The van der Waals surface area contributed by atoms with Gasteiger partial charge < -0.3 is 9.47 Å². The molecule has 0 N–H and O–H groups in total. The van der Waals surface area contributed by atoms with Crippen molar-refractivity contribution in [3.05, 3.63) is 0 Å².